The minimum Gasteiger partial charge on any atom is -0.457 e. The standard InChI is InChI=1S/C30H41N3O5/c1-4-11-25(29(35)32-37)26(18-21(2)3)28(34)31-27-16-8-9-17-33(30(27)36)20-22-12-10-15-24(19-22)38-23-13-6-5-7-14-23/h5-7,10,12-15,19,21,25-27,37H,4,8-9,11,16-18,20H2,1-3H3,(H,31,34)(H,32,35)/t25-,26+,27?/m0/s1. The molecule has 0 aliphatic carbocycles. The first-order valence-corrected chi connectivity index (χ1v) is 13.7. The molecule has 1 heterocycles. The molecular weight excluding hydrogens is 482 g/mol. The van der Waals surface area contributed by atoms with Crippen LogP contribution < -0.4 is 15.5 Å². The Balaban J connectivity index is 1.72. The van der Waals surface area contributed by atoms with Gasteiger partial charge in [-0.3, -0.25) is 19.6 Å². The summed E-state index contributed by atoms with van der Waals surface area (Å²) in [6.07, 6.45) is 3.88. The van der Waals surface area contributed by atoms with Crippen molar-refractivity contribution in [3.05, 3.63) is 60.2 Å². The van der Waals surface area contributed by atoms with Gasteiger partial charge in [-0.1, -0.05) is 57.5 Å². The number of nitrogens with one attached hydrogen (secondary N) is 2. The van der Waals surface area contributed by atoms with E-state index in [0.717, 1.165) is 24.2 Å². The second-order valence-corrected chi connectivity index (χ2v) is 10.5. The van der Waals surface area contributed by atoms with Crippen molar-refractivity contribution in [2.75, 3.05) is 6.54 Å². The highest BCUT2D eigenvalue weighted by Crippen LogP contribution is 2.27. The van der Waals surface area contributed by atoms with Crippen molar-refractivity contribution in [2.24, 2.45) is 17.8 Å². The summed E-state index contributed by atoms with van der Waals surface area (Å²) in [6.45, 7) is 6.95. The Morgan fingerprint density at radius 2 is 1.76 bits per heavy atom. The van der Waals surface area contributed by atoms with E-state index in [9.17, 15) is 19.6 Å². The summed E-state index contributed by atoms with van der Waals surface area (Å²) in [5.74, 6) is -0.657. The topological polar surface area (TPSA) is 108 Å². The number of nitrogens with zero attached hydrogens (tertiary/aromatic N) is 1. The molecule has 2 aromatic rings. The van der Waals surface area contributed by atoms with Crippen LogP contribution in [0.3, 0.4) is 0 Å². The van der Waals surface area contributed by atoms with Gasteiger partial charge in [-0.15, -0.1) is 0 Å². The summed E-state index contributed by atoms with van der Waals surface area (Å²) in [5.41, 5.74) is 2.67. The largest absolute Gasteiger partial charge is 0.457 e. The first-order chi connectivity index (χ1) is 18.3. The van der Waals surface area contributed by atoms with Gasteiger partial charge in [0.1, 0.15) is 17.5 Å². The molecule has 3 amide bonds. The third-order valence-electron chi connectivity index (χ3n) is 6.94. The average molecular weight is 524 g/mol. The van der Waals surface area contributed by atoms with Gasteiger partial charge in [0, 0.05) is 19.0 Å². The summed E-state index contributed by atoms with van der Waals surface area (Å²) in [6, 6.07) is 16.6. The highest BCUT2D eigenvalue weighted by atomic mass is 16.5. The minimum absolute atomic E-state index is 0.118. The number of rotatable bonds is 12. The smallest absolute Gasteiger partial charge is 0.247 e. The fraction of sp³-hybridized carbons (Fsp3) is 0.500. The third-order valence-corrected chi connectivity index (χ3v) is 6.94. The van der Waals surface area contributed by atoms with Crippen molar-refractivity contribution in [1.82, 2.24) is 15.7 Å². The molecule has 0 bridgehead atoms. The maximum atomic E-state index is 13.6. The van der Waals surface area contributed by atoms with Crippen LogP contribution in [0.25, 0.3) is 0 Å². The molecule has 1 aliphatic rings. The normalized spacial score (nSPS) is 17.4. The molecule has 0 saturated carbocycles. The number of amides is 3. The van der Waals surface area contributed by atoms with Crippen molar-refractivity contribution in [1.29, 1.82) is 0 Å². The number of likely N-dealkylation sites (tertiary alicyclic amines) is 1. The zero-order valence-electron chi connectivity index (χ0n) is 22.7. The Bertz CT molecular complexity index is 1060. The fourth-order valence-electron chi connectivity index (χ4n) is 5.10. The molecule has 3 N–H and O–H groups in total. The van der Waals surface area contributed by atoms with Crippen LogP contribution in [0.2, 0.25) is 0 Å². The monoisotopic (exact) mass is 523 g/mol. The van der Waals surface area contributed by atoms with Crippen molar-refractivity contribution >= 4 is 17.7 Å². The number of hydroxylamine groups is 1. The van der Waals surface area contributed by atoms with Crippen LogP contribution in [-0.4, -0.2) is 40.4 Å². The Kier molecular flexibility index (Phi) is 11.1. The highest BCUT2D eigenvalue weighted by molar-refractivity contribution is 5.91. The third kappa shape index (κ3) is 8.31. The number of carbonyl (C=O) groups excluding carboxylic acids is 3. The van der Waals surface area contributed by atoms with Crippen molar-refractivity contribution in [3.63, 3.8) is 0 Å². The lowest BCUT2D eigenvalue weighted by atomic mass is 9.81. The molecule has 0 radical (unpaired) electrons. The molecule has 2 aromatic carbocycles. The Labute approximate surface area is 225 Å². The molecule has 1 unspecified atom stereocenters. The summed E-state index contributed by atoms with van der Waals surface area (Å²) >= 11 is 0. The van der Waals surface area contributed by atoms with Gasteiger partial charge in [0.25, 0.3) is 0 Å². The zero-order valence-corrected chi connectivity index (χ0v) is 22.7. The van der Waals surface area contributed by atoms with E-state index in [2.05, 4.69) is 5.32 Å². The molecule has 1 fully saturated rings. The quantitative estimate of drug-likeness (QED) is 0.266. The highest BCUT2D eigenvalue weighted by Gasteiger charge is 2.36. The van der Waals surface area contributed by atoms with Crippen LogP contribution >= 0.6 is 0 Å². The van der Waals surface area contributed by atoms with E-state index in [1.807, 2.05) is 75.4 Å². The molecule has 8 heteroatoms. The van der Waals surface area contributed by atoms with E-state index in [4.69, 9.17) is 4.74 Å². The molecule has 1 saturated heterocycles. The number of carbonyl (C=O) groups is 3. The number of benzene rings is 2. The van der Waals surface area contributed by atoms with Gasteiger partial charge in [0.05, 0.1) is 5.92 Å². The van der Waals surface area contributed by atoms with E-state index in [0.29, 0.717) is 44.5 Å². The van der Waals surface area contributed by atoms with Crippen LogP contribution in [0.1, 0.15) is 64.9 Å². The van der Waals surface area contributed by atoms with Gasteiger partial charge in [-0.25, -0.2) is 5.48 Å². The van der Waals surface area contributed by atoms with Crippen molar-refractivity contribution < 1.29 is 24.3 Å². The maximum Gasteiger partial charge on any atom is 0.247 e. The van der Waals surface area contributed by atoms with Crippen LogP contribution in [0.15, 0.2) is 54.6 Å². The molecule has 3 atom stereocenters. The van der Waals surface area contributed by atoms with Crippen LogP contribution in [0, 0.1) is 17.8 Å². The molecule has 206 valence electrons. The zero-order chi connectivity index (χ0) is 27.5. The molecule has 3 rings (SSSR count). The first-order valence-electron chi connectivity index (χ1n) is 13.7. The lowest BCUT2D eigenvalue weighted by Crippen LogP contribution is -2.51. The molecule has 8 nitrogen and oxygen atoms in total. The number of ether oxygens (including phenoxy) is 1. The maximum absolute atomic E-state index is 13.6. The summed E-state index contributed by atoms with van der Waals surface area (Å²) in [4.78, 5) is 41.2. The second kappa shape index (κ2) is 14.5. The Hall–Kier alpha value is -3.39. The molecule has 0 aromatic heterocycles. The van der Waals surface area contributed by atoms with Gasteiger partial charge in [-0.05, 0) is 67.9 Å². The van der Waals surface area contributed by atoms with E-state index in [1.54, 1.807) is 10.4 Å². The predicted octanol–water partition coefficient (Wildman–Crippen LogP) is 5.06. The van der Waals surface area contributed by atoms with Gasteiger partial charge in [-0.2, -0.15) is 0 Å². The average Bonchev–Trinajstić information content (AvgIpc) is 3.07. The summed E-state index contributed by atoms with van der Waals surface area (Å²) < 4.78 is 5.95. The minimum atomic E-state index is -0.656. The lowest BCUT2D eigenvalue weighted by Gasteiger charge is -2.29. The molecular formula is C30H41N3O5. The number of hydrogen-bond acceptors (Lipinski definition) is 5. The van der Waals surface area contributed by atoms with Crippen LogP contribution in [-0.2, 0) is 20.9 Å². The van der Waals surface area contributed by atoms with Crippen molar-refractivity contribution in [3.8, 4) is 11.5 Å². The van der Waals surface area contributed by atoms with E-state index in [-0.39, 0.29) is 17.7 Å². The van der Waals surface area contributed by atoms with Crippen molar-refractivity contribution in [2.45, 2.75) is 71.9 Å². The van der Waals surface area contributed by atoms with E-state index >= 15 is 0 Å². The summed E-state index contributed by atoms with van der Waals surface area (Å²) in [7, 11) is 0. The molecule has 1 aliphatic heterocycles. The number of hydrogen-bond donors (Lipinski definition) is 3. The molecule has 0 spiro atoms. The van der Waals surface area contributed by atoms with Crippen LogP contribution in [0.4, 0.5) is 0 Å². The Morgan fingerprint density at radius 3 is 2.45 bits per heavy atom. The van der Waals surface area contributed by atoms with Gasteiger partial charge in [0.2, 0.25) is 17.7 Å². The SMILES string of the molecule is CCC[C@H](C(=O)NO)[C@@H](CC(C)C)C(=O)NC1CCCCN(Cc2cccc(Oc3ccccc3)c2)C1=O. The van der Waals surface area contributed by atoms with Gasteiger partial charge >= 0.3 is 0 Å². The second-order valence-electron chi connectivity index (χ2n) is 10.5. The van der Waals surface area contributed by atoms with Gasteiger partial charge < -0.3 is 15.0 Å². The number of para-hydroxylation sites is 1. The summed E-state index contributed by atoms with van der Waals surface area (Å²) in [5, 5.41) is 12.2. The first kappa shape index (κ1) is 29.2. The lowest BCUT2D eigenvalue weighted by molar-refractivity contribution is -0.143. The van der Waals surface area contributed by atoms with Crippen LogP contribution in [0.5, 0.6) is 11.5 Å². The fourth-order valence-corrected chi connectivity index (χ4v) is 5.10. The van der Waals surface area contributed by atoms with Gasteiger partial charge in [0.15, 0.2) is 0 Å². The van der Waals surface area contributed by atoms with E-state index < -0.39 is 23.8 Å². The Morgan fingerprint density at radius 1 is 1.03 bits per heavy atom. The van der Waals surface area contributed by atoms with E-state index in [1.165, 1.54) is 0 Å². The molecule has 38 heavy (non-hydrogen) atoms. The predicted molar refractivity (Wildman–Crippen MR) is 145 cm³/mol.